The minimum Gasteiger partial charge on any atom is -0.492 e. The van der Waals surface area contributed by atoms with E-state index in [1.54, 1.807) is 0 Å². The van der Waals surface area contributed by atoms with Crippen molar-refractivity contribution in [2.24, 2.45) is 0 Å². The normalized spacial score (nSPS) is 15.5. The maximum Gasteiger partial charge on any atom is 0.262 e. The maximum absolute atomic E-state index is 13.3. The average Bonchev–Trinajstić information content (AvgIpc) is 2.83. The molecular formula is C25H29FN4O3. The number of aromatic nitrogens is 1. The van der Waals surface area contributed by atoms with Crippen LogP contribution in [0.25, 0.3) is 6.08 Å². The zero-order chi connectivity index (χ0) is 23.5. The fraction of sp³-hybridized carbons (Fsp3) is 0.400. The summed E-state index contributed by atoms with van der Waals surface area (Å²) < 4.78 is 24.5. The Bertz CT molecular complexity index is 982. The van der Waals surface area contributed by atoms with Gasteiger partial charge in [0.15, 0.2) is 0 Å². The van der Waals surface area contributed by atoms with Gasteiger partial charge in [0, 0.05) is 19.6 Å². The highest BCUT2D eigenvalue weighted by atomic mass is 19.1. The first-order chi connectivity index (χ1) is 16.1. The lowest BCUT2D eigenvalue weighted by atomic mass is 10.0. The molecule has 0 spiro atoms. The van der Waals surface area contributed by atoms with Crippen molar-refractivity contribution in [1.82, 2.24) is 15.2 Å². The van der Waals surface area contributed by atoms with E-state index in [9.17, 15) is 14.4 Å². The molecule has 1 saturated heterocycles. The Kier molecular flexibility index (Phi) is 9.36. The summed E-state index contributed by atoms with van der Waals surface area (Å²) in [6, 6.07) is 13.5. The molecule has 2 aromatic rings. The Hall–Kier alpha value is -3.28. The molecule has 1 N–H and O–H groups in total. The van der Waals surface area contributed by atoms with E-state index in [-0.39, 0.29) is 17.3 Å². The Morgan fingerprint density at radius 3 is 2.73 bits per heavy atom. The molecule has 1 aromatic carbocycles. The number of pyridine rings is 1. The number of rotatable bonds is 10. The molecule has 1 aliphatic heterocycles. The second-order valence-corrected chi connectivity index (χ2v) is 7.74. The van der Waals surface area contributed by atoms with Crippen molar-refractivity contribution >= 4 is 12.0 Å². The van der Waals surface area contributed by atoms with Gasteiger partial charge in [-0.3, -0.25) is 9.69 Å². The molecule has 1 fully saturated rings. The smallest absolute Gasteiger partial charge is 0.262 e. The second kappa shape index (κ2) is 12.7. The summed E-state index contributed by atoms with van der Waals surface area (Å²) in [5.74, 6) is -0.422. The van der Waals surface area contributed by atoms with Crippen LogP contribution in [0.2, 0.25) is 0 Å². The van der Waals surface area contributed by atoms with Crippen LogP contribution >= 0.6 is 0 Å². The molecule has 0 aliphatic carbocycles. The van der Waals surface area contributed by atoms with E-state index in [1.165, 1.54) is 24.3 Å². The van der Waals surface area contributed by atoms with Crippen molar-refractivity contribution in [2.45, 2.75) is 25.8 Å². The van der Waals surface area contributed by atoms with Gasteiger partial charge in [0.2, 0.25) is 5.95 Å². The van der Waals surface area contributed by atoms with Crippen molar-refractivity contribution in [3.05, 3.63) is 65.2 Å². The number of amides is 1. The molecule has 1 unspecified atom stereocenters. The molecule has 0 saturated carbocycles. The van der Waals surface area contributed by atoms with E-state index in [0.717, 1.165) is 50.6 Å². The molecular weight excluding hydrogens is 423 g/mol. The number of nitrogens with one attached hydrogen (secondary N) is 1. The van der Waals surface area contributed by atoms with Gasteiger partial charge in [-0.2, -0.15) is 9.65 Å². The van der Waals surface area contributed by atoms with E-state index in [4.69, 9.17) is 9.47 Å². The predicted molar refractivity (Wildman–Crippen MR) is 123 cm³/mol. The van der Waals surface area contributed by atoms with Crippen molar-refractivity contribution in [1.29, 1.82) is 5.26 Å². The molecule has 174 valence electrons. The SMILES string of the molecule is CCCC(NC(=O)C(C#N)=Cc1cccc(F)n1)c1ccc(OCCN2CCOCC2)cc1. The van der Waals surface area contributed by atoms with Crippen LogP contribution in [0.15, 0.2) is 48.0 Å². The first-order valence-corrected chi connectivity index (χ1v) is 11.2. The zero-order valence-corrected chi connectivity index (χ0v) is 18.8. The van der Waals surface area contributed by atoms with Gasteiger partial charge < -0.3 is 14.8 Å². The summed E-state index contributed by atoms with van der Waals surface area (Å²) in [4.78, 5) is 18.7. The number of nitrogens with zero attached hydrogens (tertiary/aromatic N) is 3. The number of hydrogen-bond acceptors (Lipinski definition) is 6. The third kappa shape index (κ3) is 7.67. The van der Waals surface area contributed by atoms with Crippen molar-refractivity contribution < 1.29 is 18.7 Å². The lowest BCUT2D eigenvalue weighted by Gasteiger charge is -2.26. The average molecular weight is 453 g/mol. The summed E-state index contributed by atoms with van der Waals surface area (Å²) in [5, 5.41) is 12.3. The summed E-state index contributed by atoms with van der Waals surface area (Å²) in [6.45, 7) is 6.85. The first kappa shape index (κ1) is 24.4. The molecule has 2 heterocycles. The van der Waals surface area contributed by atoms with Gasteiger partial charge in [0.05, 0.1) is 24.9 Å². The highest BCUT2D eigenvalue weighted by Gasteiger charge is 2.17. The number of morpholine rings is 1. The lowest BCUT2D eigenvalue weighted by molar-refractivity contribution is -0.117. The van der Waals surface area contributed by atoms with Crippen LogP contribution in [0.4, 0.5) is 4.39 Å². The quantitative estimate of drug-likeness (QED) is 0.337. The third-order valence-electron chi connectivity index (χ3n) is 5.34. The number of ether oxygens (including phenoxy) is 2. The standard InChI is InChI=1S/C25H29FN4O3/c1-2-4-23(29-25(31)20(18-27)17-21-5-3-6-24(26)28-21)19-7-9-22(10-8-19)33-16-13-30-11-14-32-15-12-30/h3,5-10,17,23H,2,4,11-16H2,1H3,(H,29,31). The van der Waals surface area contributed by atoms with Gasteiger partial charge in [0.1, 0.15) is 24.0 Å². The Labute approximate surface area is 193 Å². The number of carbonyl (C=O) groups is 1. The minimum atomic E-state index is -0.669. The van der Waals surface area contributed by atoms with Gasteiger partial charge in [-0.05, 0) is 42.3 Å². The predicted octanol–water partition coefficient (Wildman–Crippen LogP) is 3.50. The van der Waals surface area contributed by atoms with Gasteiger partial charge in [-0.1, -0.05) is 31.5 Å². The fourth-order valence-corrected chi connectivity index (χ4v) is 3.56. The molecule has 1 amide bonds. The van der Waals surface area contributed by atoms with Crippen LogP contribution in [0, 0.1) is 17.3 Å². The Morgan fingerprint density at radius 1 is 1.30 bits per heavy atom. The van der Waals surface area contributed by atoms with Crippen molar-refractivity contribution in [2.75, 3.05) is 39.5 Å². The second-order valence-electron chi connectivity index (χ2n) is 7.74. The molecule has 33 heavy (non-hydrogen) atoms. The van der Waals surface area contributed by atoms with Crippen LogP contribution in [0.5, 0.6) is 5.75 Å². The monoisotopic (exact) mass is 452 g/mol. The van der Waals surface area contributed by atoms with E-state index < -0.39 is 11.9 Å². The van der Waals surface area contributed by atoms with Crippen LogP contribution < -0.4 is 10.1 Å². The molecule has 1 aromatic heterocycles. The van der Waals surface area contributed by atoms with E-state index in [1.807, 2.05) is 37.3 Å². The Balaban J connectivity index is 1.60. The number of halogens is 1. The summed E-state index contributed by atoms with van der Waals surface area (Å²) in [7, 11) is 0. The molecule has 7 nitrogen and oxygen atoms in total. The first-order valence-electron chi connectivity index (χ1n) is 11.2. The number of hydrogen-bond donors (Lipinski definition) is 1. The number of carbonyl (C=O) groups excluding carboxylic acids is 1. The van der Waals surface area contributed by atoms with Crippen LogP contribution in [0.1, 0.15) is 37.1 Å². The molecule has 0 radical (unpaired) electrons. The highest BCUT2D eigenvalue weighted by molar-refractivity contribution is 6.01. The third-order valence-corrected chi connectivity index (χ3v) is 5.34. The van der Waals surface area contributed by atoms with Crippen molar-refractivity contribution in [3.8, 4) is 11.8 Å². The number of nitriles is 1. The largest absolute Gasteiger partial charge is 0.492 e. The summed E-state index contributed by atoms with van der Waals surface area (Å²) in [5.41, 5.74) is 1.01. The van der Waals surface area contributed by atoms with Gasteiger partial charge in [-0.15, -0.1) is 0 Å². The fourth-order valence-electron chi connectivity index (χ4n) is 3.56. The molecule has 1 aliphatic rings. The summed E-state index contributed by atoms with van der Waals surface area (Å²) >= 11 is 0. The highest BCUT2D eigenvalue weighted by Crippen LogP contribution is 2.22. The molecule has 1 atom stereocenters. The van der Waals surface area contributed by atoms with Crippen molar-refractivity contribution in [3.63, 3.8) is 0 Å². The maximum atomic E-state index is 13.3. The van der Waals surface area contributed by atoms with Gasteiger partial charge in [-0.25, -0.2) is 4.98 Å². The number of benzene rings is 1. The van der Waals surface area contributed by atoms with Gasteiger partial charge >= 0.3 is 0 Å². The Morgan fingerprint density at radius 2 is 2.06 bits per heavy atom. The lowest BCUT2D eigenvalue weighted by Crippen LogP contribution is -2.38. The zero-order valence-electron chi connectivity index (χ0n) is 18.8. The van der Waals surface area contributed by atoms with Crippen LogP contribution in [-0.4, -0.2) is 55.2 Å². The van der Waals surface area contributed by atoms with Crippen LogP contribution in [-0.2, 0) is 9.53 Å². The van der Waals surface area contributed by atoms with E-state index >= 15 is 0 Å². The molecule has 3 rings (SSSR count). The molecule has 0 bridgehead atoms. The van der Waals surface area contributed by atoms with E-state index in [2.05, 4.69) is 15.2 Å². The van der Waals surface area contributed by atoms with Gasteiger partial charge in [0.25, 0.3) is 5.91 Å². The van der Waals surface area contributed by atoms with Crippen LogP contribution in [0.3, 0.4) is 0 Å². The minimum absolute atomic E-state index is 0.128. The summed E-state index contributed by atoms with van der Waals surface area (Å²) in [6.07, 6.45) is 2.84. The van der Waals surface area contributed by atoms with E-state index in [0.29, 0.717) is 13.0 Å². The molecule has 8 heteroatoms. The topological polar surface area (TPSA) is 87.5 Å².